The van der Waals surface area contributed by atoms with Crippen LogP contribution in [0.3, 0.4) is 0 Å². The summed E-state index contributed by atoms with van der Waals surface area (Å²) in [6, 6.07) is 0.0490. The van der Waals surface area contributed by atoms with E-state index in [1.54, 1.807) is 0 Å². The Bertz CT molecular complexity index is 732. The molecule has 0 aromatic carbocycles. The molecule has 0 unspecified atom stereocenters. The number of nitrogens with one attached hydrogen (secondary N) is 2. The van der Waals surface area contributed by atoms with Gasteiger partial charge in [-0.05, 0) is 50.9 Å². The lowest BCUT2D eigenvalue weighted by Crippen LogP contribution is -2.63. The average molecular weight is 399 g/mol. The first kappa shape index (κ1) is 19.2. The minimum absolute atomic E-state index is 0.0361. The summed E-state index contributed by atoms with van der Waals surface area (Å²) in [5.74, 6) is 1.03. The molecule has 0 aliphatic heterocycles. The first-order chi connectivity index (χ1) is 13.2. The first-order valence-electron chi connectivity index (χ1n) is 9.61. The number of hydrogen-bond acceptors (Lipinski definition) is 6. The zero-order chi connectivity index (χ0) is 19.9. The molecule has 4 N–H and O–H groups in total. The molecule has 1 aromatic heterocycles. The van der Waals surface area contributed by atoms with Crippen LogP contribution in [-0.2, 0) is 4.74 Å². The van der Waals surface area contributed by atoms with Crippen molar-refractivity contribution in [3.8, 4) is 0 Å². The number of nitrogens with zero attached hydrogens (tertiary/aromatic N) is 2. The Morgan fingerprint density at radius 3 is 2.46 bits per heavy atom. The number of aromatic nitrogens is 2. The van der Waals surface area contributed by atoms with Gasteiger partial charge in [-0.25, -0.2) is 4.98 Å². The molecule has 4 aliphatic carbocycles. The third-order valence-electron chi connectivity index (χ3n) is 5.97. The van der Waals surface area contributed by atoms with Crippen molar-refractivity contribution in [3.05, 3.63) is 11.8 Å². The molecule has 7 nitrogen and oxygen atoms in total. The van der Waals surface area contributed by atoms with Crippen LogP contribution in [0.15, 0.2) is 6.20 Å². The van der Waals surface area contributed by atoms with Crippen molar-refractivity contribution in [2.45, 2.75) is 68.8 Å². The Morgan fingerprint density at radius 1 is 1.25 bits per heavy atom. The quantitative estimate of drug-likeness (QED) is 0.652. The maximum atomic E-state index is 12.3. The molecule has 1 aromatic rings. The van der Waals surface area contributed by atoms with Gasteiger partial charge in [-0.1, -0.05) is 0 Å². The van der Waals surface area contributed by atoms with E-state index in [1.165, 1.54) is 6.20 Å². The van der Waals surface area contributed by atoms with Crippen LogP contribution in [-0.4, -0.2) is 46.3 Å². The molecule has 2 bridgehead atoms. The van der Waals surface area contributed by atoms with Crippen molar-refractivity contribution < 1.29 is 22.7 Å². The molecule has 28 heavy (non-hydrogen) atoms. The minimum atomic E-state index is -4.30. The minimum Gasteiger partial charge on any atom is -0.369 e. The Morgan fingerprint density at radius 2 is 1.93 bits per heavy atom. The smallest absolute Gasteiger partial charge is 0.369 e. The van der Waals surface area contributed by atoms with Crippen molar-refractivity contribution in [2.24, 2.45) is 11.7 Å². The molecule has 0 atom stereocenters. The summed E-state index contributed by atoms with van der Waals surface area (Å²) in [4.78, 5) is 20.3. The average Bonchev–Trinajstić information content (AvgIpc) is 2.56. The summed E-state index contributed by atoms with van der Waals surface area (Å²) >= 11 is 0. The van der Waals surface area contributed by atoms with E-state index in [-0.39, 0.29) is 23.2 Å². The number of rotatable bonds is 7. The van der Waals surface area contributed by atoms with E-state index in [9.17, 15) is 18.0 Å². The SMILES string of the molecule is NC(=O)c1cnc(NC2CCC(OCC(F)(F)F)CC2)nc1NC12CC(C1)C2. The molecule has 1 heterocycles. The Kier molecular flexibility index (Phi) is 4.84. The summed E-state index contributed by atoms with van der Waals surface area (Å²) < 4.78 is 41.7. The highest BCUT2D eigenvalue weighted by Gasteiger charge is 2.57. The number of primary amides is 1. The first-order valence-corrected chi connectivity index (χ1v) is 9.61. The summed E-state index contributed by atoms with van der Waals surface area (Å²) in [5, 5.41) is 6.59. The molecule has 0 spiro atoms. The van der Waals surface area contributed by atoms with E-state index in [2.05, 4.69) is 20.6 Å². The van der Waals surface area contributed by atoms with Gasteiger partial charge in [0.25, 0.3) is 5.91 Å². The van der Waals surface area contributed by atoms with E-state index in [0.717, 1.165) is 25.2 Å². The Hall–Kier alpha value is -2.10. The third-order valence-corrected chi connectivity index (χ3v) is 5.97. The lowest BCUT2D eigenvalue weighted by atomic mass is 9.50. The molecular formula is C18H24F3N5O2. The number of amides is 1. The second kappa shape index (κ2) is 7.06. The molecule has 1 amide bonds. The maximum Gasteiger partial charge on any atom is 0.411 e. The van der Waals surface area contributed by atoms with Gasteiger partial charge in [0, 0.05) is 17.8 Å². The van der Waals surface area contributed by atoms with Gasteiger partial charge in [-0.15, -0.1) is 0 Å². The van der Waals surface area contributed by atoms with E-state index in [4.69, 9.17) is 10.5 Å². The Labute approximate surface area is 160 Å². The van der Waals surface area contributed by atoms with Crippen molar-refractivity contribution in [2.75, 3.05) is 17.2 Å². The van der Waals surface area contributed by atoms with Crippen LogP contribution in [0.2, 0.25) is 0 Å². The summed E-state index contributed by atoms with van der Waals surface area (Å²) in [5.41, 5.74) is 5.74. The number of anilines is 2. The molecule has 4 fully saturated rings. The molecular weight excluding hydrogens is 375 g/mol. The molecule has 5 rings (SSSR count). The fraction of sp³-hybridized carbons (Fsp3) is 0.722. The number of carbonyl (C=O) groups excluding carboxylic acids is 1. The largest absolute Gasteiger partial charge is 0.411 e. The van der Waals surface area contributed by atoms with Gasteiger partial charge in [0.15, 0.2) is 0 Å². The van der Waals surface area contributed by atoms with Crippen molar-refractivity contribution in [1.82, 2.24) is 9.97 Å². The van der Waals surface area contributed by atoms with Gasteiger partial charge in [-0.2, -0.15) is 18.2 Å². The second-order valence-corrected chi connectivity index (χ2v) is 8.25. The summed E-state index contributed by atoms with van der Waals surface area (Å²) in [7, 11) is 0. The lowest BCUT2D eigenvalue weighted by Gasteiger charge is -2.62. The normalized spacial score (nSPS) is 31.5. The maximum absolute atomic E-state index is 12.3. The summed E-state index contributed by atoms with van der Waals surface area (Å²) in [6.07, 6.45) is 2.42. The number of hydrogen-bond donors (Lipinski definition) is 3. The van der Waals surface area contributed by atoms with Crippen LogP contribution in [0.5, 0.6) is 0 Å². The van der Waals surface area contributed by atoms with Crippen LogP contribution in [0.4, 0.5) is 24.9 Å². The van der Waals surface area contributed by atoms with Crippen molar-refractivity contribution in [3.63, 3.8) is 0 Å². The fourth-order valence-electron chi connectivity index (χ4n) is 4.38. The Balaban J connectivity index is 1.34. The zero-order valence-corrected chi connectivity index (χ0v) is 15.4. The number of alkyl halides is 3. The summed E-state index contributed by atoms with van der Waals surface area (Å²) in [6.45, 7) is -1.20. The monoisotopic (exact) mass is 399 g/mol. The molecule has 4 saturated carbocycles. The zero-order valence-electron chi connectivity index (χ0n) is 15.4. The molecule has 10 heteroatoms. The predicted octanol–water partition coefficient (Wildman–Crippen LogP) is 2.84. The van der Waals surface area contributed by atoms with Gasteiger partial charge < -0.3 is 21.1 Å². The molecule has 0 saturated heterocycles. The van der Waals surface area contributed by atoms with Gasteiger partial charge in [0.05, 0.1) is 11.7 Å². The lowest BCUT2D eigenvalue weighted by molar-refractivity contribution is -0.187. The van der Waals surface area contributed by atoms with Crippen LogP contribution >= 0.6 is 0 Å². The van der Waals surface area contributed by atoms with Gasteiger partial charge in [-0.3, -0.25) is 4.79 Å². The van der Waals surface area contributed by atoms with Gasteiger partial charge in [0.2, 0.25) is 5.95 Å². The fourth-order valence-corrected chi connectivity index (χ4v) is 4.38. The van der Waals surface area contributed by atoms with Crippen molar-refractivity contribution in [1.29, 1.82) is 0 Å². The molecule has 4 aliphatic rings. The van der Waals surface area contributed by atoms with Crippen molar-refractivity contribution >= 4 is 17.7 Å². The number of carbonyl (C=O) groups is 1. The van der Waals surface area contributed by atoms with Gasteiger partial charge >= 0.3 is 6.18 Å². The van der Waals surface area contributed by atoms with Crippen LogP contribution in [0.25, 0.3) is 0 Å². The van der Waals surface area contributed by atoms with Gasteiger partial charge in [0.1, 0.15) is 12.4 Å². The number of ether oxygens (including phenoxy) is 1. The molecule has 154 valence electrons. The topological polar surface area (TPSA) is 102 Å². The van der Waals surface area contributed by atoms with E-state index >= 15 is 0 Å². The number of halogens is 3. The highest BCUT2D eigenvalue weighted by Crippen LogP contribution is 2.58. The van der Waals surface area contributed by atoms with Crippen LogP contribution in [0.1, 0.15) is 55.3 Å². The third kappa shape index (κ3) is 4.16. The van der Waals surface area contributed by atoms with E-state index < -0.39 is 18.7 Å². The van der Waals surface area contributed by atoms with Crippen LogP contribution in [0, 0.1) is 5.92 Å². The highest BCUT2D eigenvalue weighted by molar-refractivity contribution is 5.97. The van der Waals surface area contributed by atoms with E-state index in [0.29, 0.717) is 37.4 Å². The second-order valence-electron chi connectivity index (χ2n) is 8.25. The predicted molar refractivity (Wildman–Crippen MR) is 95.9 cm³/mol. The molecule has 0 radical (unpaired) electrons. The number of nitrogens with two attached hydrogens (primary N) is 1. The van der Waals surface area contributed by atoms with Crippen LogP contribution < -0.4 is 16.4 Å². The standard InChI is InChI=1S/C18H24F3N5O2/c19-18(20,21)9-28-12-3-1-11(2-4-12)24-16-23-8-13(14(22)27)15(25-16)26-17-5-10(6-17)7-17/h8,10-12H,1-7,9H2,(H2,22,27)(H2,23,24,25,26). The van der Waals surface area contributed by atoms with E-state index in [1.807, 2.05) is 0 Å². The highest BCUT2D eigenvalue weighted by atomic mass is 19.4.